The quantitative estimate of drug-likeness (QED) is 0.264. The molecule has 11 heteroatoms. The van der Waals surface area contributed by atoms with Crippen molar-refractivity contribution in [1.29, 1.82) is 0 Å². The van der Waals surface area contributed by atoms with Gasteiger partial charge in [0.15, 0.2) is 0 Å². The minimum atomic E-state index is -4.12. The molecule has 0 saturated heterocycles. The summed E-state index contributed by atoms with van der Waals surface area (Å²) >= 11 is 15.6. The van der Waals surface area contributed by atoms with Crippen LogP contribution < -0.4 is 9.62 Å². The molecule has 0 aliphatic rings. The first-order valence-electron chi connectivity index (χ1n) is 12.3. The molecule has 2 atom stereocenters. The van der Waals surface area contributed by atoms with E-state index in [0.29, 0.717) is 27.7 Å². The van der Waals surface area contributed by atoms with Crippen LogP contribution >= 0.6 is 39.1 Å². The zero-order valence-electron chi connectivity index (χ0n) is 21.8. The lowest BCUT2D eigenvalue weighted by atomic mass is 10.1. The van der Waals surface area contributed by atoms with Gasteiger partial charge in [0.1, 0.15) is 12.6 Å². The van der Waals surface area contributed by atoms with Gasteiger partial charge in [-0.05, 0) is 74.4 Å². The largest absolute Gasteiger partial charge is 0.352 e. The molecule has 0 aliphatic heterocycles. The highest BCUT2D eigenvalue weighted by Crippen LogP contribution is 2.27. The maximum Gasteiger partial charge on any atom is 0.264 e. The molecule has 39 heavy (non-hydrogen) atoms. The van der Waals surface area contributed by atoms with Crippen LogP contribution in [0.5, 0.6) is 0 Å². The Bertz CT molecular complexity index is 1410. The number of hydrogen-bond acceptors (Lipinski definition) is 4. The normalized spacial score (nSPS) is 12.9. The van der Waals surface area contributed by atoms with Crippen molar-refractivity contribution in [2.45, 2.75) is 50.7 Å². The number of carbonyl (C=O) groups excluding carboxylic acids is 2. The van der Waals surface area contributed by atoms with Gasteiger partial charge in [-0.3, -0.25) is 13.9 Å². The number of hydrogen-bond donors (Lipinski definition) is 1. The minimum Gasteiger partial charge on any atom is -0.352 e. The molecule has 0 aromatic heterocycles. The molecule has 0 aliphatic carbocycles. The van der Waals surface area contributed by atoms with Crippen LogP contribution in [0.3, 0.4) is 0 Å². The van der Waals surface area contributed by atoms with E-state index in [1.165, 1.54) is 17.0 Å². The zero-order chi connectivity index (χ0) is 28.7. The number of anilines is 1. The number of rotatable bonds is 11. The average molecular weight is 655 g/mol. The molecular weight excluding hydrogens is 625 g/mol. The third-order valence-electron chi connectivity index (χ3n) is 6.23. The van der Waals surface area contributed by atoms with E-state index in [0.717, 1.165) is 8.78 Å². The highest BCUT2D eigenvalue weighted by Gasteiger charge is 2.32. The van der Waals surface area contributed by atoms with Crippen molar-refractivity contribution < 1.29 is 18.0 Å². The lowest BCUT2D eigenvalue weighted by Crippen LogP contribution is -2.52. The number of nitrogens with one attached hydrogen (secondary N) is 1. The van der Waals surface area contributed by atoms with Crippen LogP contribution in [0.1, 0.15) is 32.8 Å². The monoisotopic (exact) mass is 653 g/mol. The van der Waals surface area contributed by atoms with Gasteiger partial charge in [0.05, 0.1) is 20.6 Å². The van der Waals surface area contributed by atoms with E-state index in [2.05, 4.69) is 21.2 Å². The Labute approximate surface area is 248 Å². The van der Waals surface area contributed by atoms with Crippen LogP contribution in [-0.4, -0.2) is 43.8 Å². The summed E-state index contributed by atoms with van der Waals surface area (Å²) in [5, 5.41) is 3.57. The third-order valence-corrected chi connectivity index (χ3v) is 9.29. The van der Waals surface area contributed by atoms with Crippen molar-refractivity contribution in [1.82, 2.24) is 10.2 Å². The van der Waals surface area contributed by atoms with Gasteiger partial charge in [-0.25, -0.2) is 8.42 Å². The molecule has 0 bridgehead atoms. The zero-order valence-corrected chi connectivity index (χ0v) is 25.7. The molecule has 0 fully saturated rings. The molecule has 0 heterocycles. The van der Waals surface area contributed by atoms with Gasteiger partial charge >= 0.3 is 0 Å². The standard InChI is InChI=1S/C28H30BrCl2N3O4S/c1-4-19(2)32-28(36)20(3)33(17-21-10-15-25(30)26(31)16-21)27(35)18-34(23-13-11-22(29)12-14-23)39(37,38)24-8-6-5-7-9-24/h5-16,19-20H,4,17-18H2,1-3H3,(H,32,36). The van der Waals surface area contributed by atoms with E-state index in [4.69, 9.17) is 23.2 Å². The van der Waals surface area contributed by atoms with Crippen molar-refractivity contribution in [3.8, 4) is 0 Å². The molecule has 0 radical (unpaired) electrons. The Morgan fingerprint density at radius 3 is 2.18 bits per heavy atom. The molecule has 3 aromatic carbocycles. The van der Waals surface area contributed by atoms with E-state index in [-0.39, 0.29) is 23.4 Å². The van der Waals surface area contributed by atoms with Crippen molar-refractivity contribution in [2.75, 3.05) is 10.8 Å². The molecule has 3 aromatic rings. The van der Waals surface area contributed by atoms with Gasteiger partial charge in [0.2, 0.25) is 11.8 Å². The predicted octanol–water partition coefficient (Wildman–Crippen LogP) is 6.28. The van der Waals surface area contributed by atoms with Gasteiger partial charge in [-0.1, -0.05) is 70.3 Å². The lowest BCUT2D eigenvalue weighted by Gasteiger charge is -2.32. The summed E-state index contributed by atoms with van der Waals surface area (Å²) in [6.07, 6.45) is 0.714. The molecule has 2 amide bonds. The van der Waals surface area contributed by atoms with Crippen molar-refractivity contribution in [2.24, 2.45) is 0 Å². The second-order valence-corrected chi connectivity index (χ2v) is 12.7. The minimum absolute atomic E-state index is 0.0182. The first kappa shape index (κ1) is 30.9. The Morgan fingerprint density at radius 1 is 0.949 bits per heavy atom. The summed E-state index contributed by atoms with van der Waals surface area (Å²) in [5.74, 6) is -0.908. The van der Waals surface area contributed by atoms with E-state index < -0.39 is 28.5 Å². The van der Waals surface area contributed by atoms with E-state index in [1.54, 1.807) is 67.6 Å². The summed E-state index contributed by atoms with van der Waals surface area (Å²) in [6.45, 7) is 4.92. The number of carbonyl (C=O) groups is 2. The van der Waals surface area contributed by atoms with E-state index in [1.807, 2.05) is 13.8 Å². The average Bonchev–Trinajstić information content (AvgIpc) is 2.92. The first-order chi connectivity index (χ1) is 18.4. The SMILES string of the molecule is CCC(C)NC(=O)C(C)N(Cc1ccc(Cl)c(Cl)c1)C(=O)CN(c1ccc(Br)cc1)S(=O)(=O)c1ccccc1. The number of amides is 2. The number of nitrogens with zero attached hydrogens (tertiary/aromatic N) is 2. The van der Waals surface area contributed by atoms with Crippen molar-refractivity contribution in [3.05, 3.63) is 92.9 Å². The summed E-state index contributed by atoms with van der Waals surface area (Å²) in [6, 6.07) is 18.5. The van der Waals surface area contributed by atoms with Gasteiger partial charge < -0.3 is 10.2 Å². The Balaban J connectivity index is 2.02. The van der Waals surface area contributed by atoms with E-state index >= 15 is 0 Å². The van der Waals surface area contributed by atoms with Crippen LogP contribution in [0.2, 0.25) is 10.0 Å². The van der Waals surface area contributed by atoms with Gasteiger partial charge in [0, 0.05) is 17.1 Å². The smallest absolute Gasteiger partial charge is 0.264 e. The van der Waals surface area contributed by atoms with Crippen molar-refractivity contribution >= 4 is 66.7 Å². The lowest BCUT2D eigenvalue weighted by molar-refractivity contribution is -0.139. The fraction of sp³-hybridized carbons (Fsp3) is 0.286. The second-order valence-electron chi connectivity index (χ2n) is 9.07. The highest BCUT2D eigenvalue weighted by molar-refractivity contribution is 9.10. The summed E-state index contributed by atoms with van der Waals surface area (Å²) in [5.41, 5.74) is 0.948. The fourth-order valence-corrected chi connectivity index (χ4v) is 5.76. The topological polar surface area (TPSA) is 86.8 Å². The van der Waals surface area contributed by atoms with Crippen LogP contribution in [0.25, 0.3) is 0 Å². The molecule has 3 rings (SSSR count). The molecular formula is C28H30BrCl2N3O4S. The summed E-state index contributed by atoms with van der Waals surface area (Å²) in [7, 11) is -4.12. The van der Waals surface area contributed by atoms with Gasteiger partial charge in [0.25, 0.3) is 10.0 Å². The molecule has 7 nitrogen and oxygen atoms in total. The maximum absolute atomic E-state index is 13.9. The van der Waals surface area contributed by atoms with Crippen LogP contribution in [0.4, 0.5) is 5.69 Å². The molecule has 1 N–H and O–H groups in total. The van der Waals surface area contributed by atoms with Gasteiger partial charge in [-0.15, -0.1) is 0 Å². The summed E-state index contributed by atoms with van der Waals surface area (Å²) < 4.78 is 29.3. The third kappa shape index (κ3) is 7.97. The summed E-state index contributed by atoms with van der Waals surface area (Å²) in [4.78, 5) is 28.4. The van der Waals surface area contributed by atoms with Gasteiger partial charge in [-0.2, -0.15) is 0 Å². The number of halogens is 3. The molecule has 208 valence electrons. The van der Waals surface area contributed by atoms with E-state index in [9.17, 15) is 18.0 Å². The van der Waals surface area contributed by atoms with Crippen molar-refractivity contribution in [3.63, 3.8) is 0 Å². The Morgan fingerprint density at radius 2 is 1.59 bits per heavy atom. The Kier molecular flexibility index (Phi) is 10.8. The van der Waals surface area contributed by atoms with Crippen LogP contribution in [0.15, 0.2) is 82.2 Å². The Hall–Kier alpha value is -2.59. The molecule has 2 unspecified atom stereocenters. The number of benzene rings is 3. The maximum atomic E-state index is 13.9. The predicted molar refractivity (Wildman–Crippen MR) is 159 cm³/mol. The first-order valence-corrected chi connectivity index (χ1v) is 15.3. The highest BCUT2D eigenvalue weighted by atomic mass is 79.9. The van der Waals surface area contributed by atoms with Crippen LogP contribution in [-0.2, 0) is 26.2 Å². The second kappa shape index (κ2) is 13.7. The fourth-order valence-electron chi connectivity index (χ4n) is 3.74. The molecule has 0 spiro atoms. The number of sulfonamides is 1. The van der Waals surface area contributed by atoms with Crippen LogP contribution in [0, 0.1) is 0 Å². The molecule has 0 saturated carbocycles.